The van der Waals surface area contributed by atoms with E-state index < -0.39 is 0 Å². The van der Waals surface area contributed by atoms with E-state index in [-0.39, 0.29) is 12.4 Å². The molecule has 2 aromatic rings. The lowest BCUT2D eigenvalue weighted by molar-refractivity contribution is 0.199. The molecule has 1 aliphatic rings. The van der Waals surface area contributed by atoms with Crippen molar-refractivity contribution in [2.45, 2.75) is 32.9 Å². The number of nitrogens with one attached hydrogen (secondary N) is 2. The van der Waals surface area contributed by atoms with E-state index in [1.54, 1.807) is 0 Å². The summed E-state index contributed by atoms with van der Waals surface area (Å²) in [5.41, 5.74) is 3.09. The van der Waals surface area contributed by atoms with E-state index >= 15 is 0 Å². The average Bonchev–Trinajstić information content (AvgIpc) is 2.99. The van der Waals surface area contributed by atoms with Gasteiger partial charge in [0.2, 0.25) is 5.89 Å². The molecule has 8 heteroatoms. The third-order valence-corrected chi connectivity index (χ3v) is 4.48. The van der Waals surface area contributed by atoms with Crippen LogP contribution in [0.3, 0.4) is 0 Å². The third-order valence-electron chi connectivity index (χ3n) is 4.27. The smallest absolute Gasteiger partial charge is 0.320 e. The molecule has 0 amide bonds. The van der Waals surface area contributed by atoms with E-state index in [9.17, 15) is 0 Å². The number of aromatic nitrogens is 2. The Kier molecular flexibility index (Phi) is 5.53. The molecule has 2 heterocycles. The van der Waals surface area contributed by atoms with Crippen LogP contribution in [0.4, 0.5) is 11.7 Å². The van der Waals surface area contributed by atoms with E-state index in [2.05, 4.69) is 32.7 Å². The summed E-state index contributed by atoms with van der Waals surface area (Å²) >= 11 is 6.31. The summed E-state index contributed by atoms with van der Waals surface area (Å²) in [5.74, 6) is 0.291. The Labute approximate surface area is 152 Å². The number of rotatable bonds is 5. The molecule has 132 valence electrons. The standard InChI is InChI=1S/C17H21ClN6O/c1-11-9-24(6-5-20-11)10-13-7-14(18)8-15(12(13)2)21-17-23-22-16(25-17)3-4-19/h7-8,11,20H,3,5-6,9-10H2,1-2H3,(H,21,23)/t11-/m0/s1. The molecule has 1 saturated heterocycles. The lowest BCUT2D eigenvalue weighted by Gasteiger charge is -2.32. The first-order valence-electron chi connectivity index (χ1n) is 8.26. The predicted octanol–water partition coefficient (Wildman–Crippen LogP) is 2.63. The number of halogens is 1. The number of nitriles is 1. The fraction of sp³-hybridized carbons (Fsp3) is 0.471. The summed E-state index contributed by atoms with van der Waals surface area (Å²) in [7, 11) is 0. The Hall–Kier alpha value is -2.14. The van der Waals surface area contributed by atoms with Gasteiger partial charge in [-0.15, -0.1) is 5.10 Å². The number of piperazine rings is 1. The van der Waals surface area contributed by atoms with Crippen LogP contribution in [0, 0.1) is 18.3 Å². The minimum atomic E-state index is 0.0929. The zero-order valence-corrected chi connectivity index (χ0v) is 15.1. The van der Waals surface area contributed by atoms with Gasteiger partial charge in [-0.3, -0.25) is 4.90 Å². The molecule has 7 nitrogen and oxygen atoms in total. The fourth-order valence-electron chi connectivity index (χ4n) is 2.98. The molecule has 2 N–H and O–H groups in total. The van der Waals surface area contributed by atoms with Crippen LogP contribution in [0.5, 0.6) is 0 Å². The molecule has 0 aliphatic carbocycles. The maximum absolute atomic E-state index is 8.69. The highest BCUT2D eigenvalue weighted by molar-refractivity contribution is 6.31. The molecule has 1 fully saturated rings. The maximum Gasteiger partial charge on any atom is 0.320 e. The van der Waals surface area contributed by atoms with Gasteiger partial charge in [0.1, 0.15) is 6.42 Å². The van der Waals surface area contributed by atoms with E-state index in [1.807, 2.05) is 25.1 Å². The number of hydrogen-bond donors (Lipinski definition) is 2. The van der Waals surface area contributed by atoms with Crippen molar-refractivity contribution >= 4 is 23.3 Å². The fourth-order valence-corrected chi connectivity index (χ4v) is 3.23. The van der Waals surface area contributed by atoms with E-state index in [0.29, 0.717) is 17.0 Å². The number of anilines is 2. The second kappa shape index (κ2) is 7.83. The molecule has 0 spiro atoms. The normalized spacial score (nSPS) is 18.1. The Morgan fingerprint density at radius 2 is 2.32 bits per heavy atom. The van der Waals surface area contributed by atoms with Crippen LogP contribution in [0.25, 0.3) is 0 Å². The summed E-state index contributed by atoms with van der Waals surface area (Å²) in [5, 5.41) is 23.6. The van der Waals surface area contributed by atoms with E-state index in [0.717, 1.165) is 37.4 Å². The van der Waals surface area contributed by atoms with Gasteiger partial charge in [-0.05, 0) is 37.1 Å². The third kappa shape index (κ3) is 4.48. The summed E-state index contributed by atoms with van der Waals surface area (Å²) in [4.78, 5) is 2.42. The van der Waals surface area contributed by atoms with Crippen molar-refractivity contribution in [1.82, 2.24) is 20.4 Å². The van der Waals surface area contributed by atoms with Gasteiger partial charge in [0.25, 0.3) is 0 Å². The van der Waals surface area contributed by atoms with Crippen molar-refractivity contribution in [2.75, 3.05) is 25.0 Å². The first-order valence-corrected chi connectivity index (χ1v) is 8.64. The van der Waals surface area contributed by atoms with E-state index in [1.165, 1.54) is 5.56 Å². The van der Waals surface area contributed by atoms with Crippen LogP contribution in [0.15, 0.2) is 16.5 Å². The Bertz CT molecular complexity index is 784. The van der Waals surface area contributed by atoms with Crippen molar-refractivity contribution in [3.05, 3.63) is 34.2 Å². The molecule has 1 aromatic heterocycles. The molecule has 1 aliphatic heterocycles. The zero-order valence-electron chi connectivity index (χ0n) is 14.3. The van der Waals surface area contributed by atoms with Crippen molar-refractivity contribution in [3.8, 4) is 6.07 Å². The summed E-state index contributed by atoms with van der Waals surface area (Å²) in [6.07, 6.45) is 0.0929. The average molecular weight is 361 g/mol. The van der Waals surface area contributed by atoms with Crippen LogP contribution < -0.4 is 10.6 Å². The quantitative estimate of drug-likeness (QED) is 0.847. The van der Waals surface area contributed by atoms with Crippen LogP contribution in [-0.4, -0.2) is 40.8 Å². The zero-order chi connectivity index (χ0) is 17.8. The molecule has 0 radical (unpaired) electrons. The maximum atomic E-state index is 8.69. The van der Waals surface area contributed by atoms with Gasteiger partial charge in [0.15, 0.2) is 0 Å². The number of nitrogens with zero attached hydrogens (tertiary/aromatic N) is 4. The van der Waals surface area contributed by atoms with E-state index in [4.69, 9.17) is 21.3 Å². The van der Waals surface area contributed by atoms with Crippen LogP contribution >= 0.6 is 11.6 Å². The van der Waals surface area contributed by atoms with Crippen molar-refractivity contribution in [2.24, 2.45) is 0 Å². The van der Waals surface area contributed by atoms with Gasteiger partial charge in [-0.25, -0.2) is 0 Å². The minimum absolute atomic E-state index is 0.0929. The summed E-state index contributed by atoms with van der Waals surface area (Å²) in [6.45, 7) is 8.10. The Balaban J connectivity index is 1.78. The van der Waals surface area contributed by atoms with Gasteiger partial charge in [0, 0.05) is 42.9 Å². The summed E-state index contributed by atoms with van der Waals surface area (Å²) in [6, 6.07) is 6.58. The second-order valence-corrected chi connectivity index (χ2v) is 6.73. The van der Waals surface area contributed by atoms with Crippen LogP contribution in [0.2, 0.25) is 5.02 Å². The molecule has 0 unspecified atom stereocenters. The first-order chi connectivity index (χ1) is 12.0. The van der Waals surface area contributed by atoms with Gasteiger partial charge >= 0.3 is 6.01 Å². The van der Waals surface area contributed by atoms with Gasteiger partial charge < -0.3 is 15.1 Å². The highest BCUT2D eigenvalue weighted by Crippen LogP contribution is 2.28. The van der Waals surface area contributed by atoms with Crippen LogP contribution in [-0.2, 0) is 13.0 Å². The van der Waals surface area contributed by atoms with Crippen molar-refractivity contribution < 1.29 is 4.42 Å². The molecular weight excluding hydrogens is 340 g/mol. The monoisotopic (exact) mass is 360 g/mol. The predicted molar refractivity (Wildman–Crippen MR) is 95.8 cm³/mol. The first kappa shape index (κ1) is 17.7. The minimum Gasteiger partial charge on any atom is -0.407 e. The molecular formula is C17H21ClN6O. The SMILES string of the molecule is Cc1c(CN2CCN[C@@H](C)C2)cc(Cl)cc1Nc1nnc(CC#N)o1. The number of benzene rings is 1. The molecule has 0 saturated carbocycles. The molecule has 3 rings (SSSR count). The van der Waals surface area contributed by atoms with Gasteiger partial charge in [-0.2, -0.15) is 5.26 Å². The van der Waals surface area contributed by atoms with Gasteiger partial charge in [-0.1, -0.05) is 16.7 Å². The largest absolute Gasteiger partial charge is 0.407 e. The van der Waals surface area contributed by atoms with Crippen molar-refractivity contribution in [3.63, 3.8) is 0 Å². The topological polar surface area (TPSA) is 90.0 Å². The molecule has 1 aromatic carbocycles. The lowest BCUT2D eigenvalue weighted by Crippen LogP contribution is -2.48. The molecule has 1 atom stereocenters. The van der Waals surface area contributed by atoms with Gasteiger partial charge in [0.05, 0.1) is 6.07 Å². The lowest BCUT2D eigenvalue weighted by atomic mass is 10.1. The Morgan fingerprint density at radius 3 is 3.08 bits per heavy atom. The molecule has 25 heavy (non-hydrogen) atoms. The number of hydrogen-bond acceptors (Lipinski definition) is 7. The summed E-state index contributed by atoms with van der Waals surface area (Å²) < 4.78 is 5.41. The second-order valence-electron chi connectivity index (χ2n) is 6.29. The highest BCUT2D eigenvalue weighted by Gasteiger charge is 2.18. The van der Waals surface area contributed by atoms with Crippen LogP contribution in [0.1, 0.15) is 23.9 Å². The van der Waals surface area contributed by atoms with Crippen molar-refractivity contribution in [1.29, 1.82) is 5.26 Å². The molecule has 0 bridgehead atoms. The highest BCUT2D eigenvalue weighted by atomic mass is 35.5. The Morgan fingerprint density at radius 1 is 1.48 bits per heavy atom.